The van der Waals surface area contributed by atoms with Crippen molar-refractivity contribution in [1.29, 1.82) is 0 Å². The molecule has 0 unspecified atom stereocenters. The summed E-state index contributed by atoms with van der Waals surface area (Å²) in [6.45, 7) is 3.32. The smallest absolute Gasteiger partial charge is 0.316 e. The molecule has 1 N–H and O–H groups in total. The zero-order chi connectivity index (χ0) is 17.5. The van der Waals surface area contributed by atoms with Crippen molar-refractivity contribution in [3.8, 4) is 0 Å². The van der Waals surface area contributed by atoms with Crippen LogP contribution in [0.25, 0.3) is 0 Å². The number of nitrogens with one attached hydrogen (secondary N) is 1. The Labute approximate surface area is 148 Å². The number of pyridine rings is 1. The van der Waals surface area contributed by atoms with Gasteiger partial charge in [-0.15, -0.1) is 0 Å². The summed E-state index contributed by atoms with van der Waals surface area (Å²) in [7, 11) is 0. The Hall–Kier alpha value is -2.19. The molecule has 0 radical (unpaired) electrons. The first-order chi connectivity index (χ1) is 11.4. The van der Waals surface area contributed by atoms with E-state index in [1.165, 1.54) is 6.20 Å². The minimum Gasteiger partial charge on any atom is -0.455 e. The molecule has 1 amide bonds. The van der Waals surface area contributed by atoms with Crippen molar-refractivity contribution in [3.05, 3.63) is 40.8 Å². The Balaban J connectivity index is 1.74. The lowest BCUT2D eigenvalue weighted by Crippen LogP contribution is -2.22. The zero-order valence-corrected chi connectivity index (χ0v) is 14.6. The number of thioether (sulfide) groups is 1. The number of anilines is 1. The van der Waals surface area contributed by atoms with Gasteiger partial charge in [0, 0.05) is 17.6 Å². The van der Waals surface area contributed by atoms with E-state index in [1.54, 1.807) is 12.1 Å². The van der Waals surface area contributed by atoms with Crippen molar-refractivity contribution in [3.63, 3.8) is 0 Å². The predicted octanol–water partition coefficient (Wildman–Crippen LogP) is 2.42. The van der Waals surface area contributed by atoms with E-state index in [-0.39, 0.29) is 5.75 Å². The highest BCUT2D eigenvalue weighted by molar-refractivity contribution is 7.99. The third-order valence-electron chi connectivity index (χ3n) is 2.64. The molecule has 24 heavy (non-hydrogen) atoms. The number of carbonyl (C=O) groups excluding carboxylic acids is 2. The van der Waals surface area contributed by atoms with Crippen molar-refractivity contribution >= 4 is 41.1 Å². The number of esters is 1. The molecule has 0 spiro atoms. The van der Waals surface area contributed by atoms with Crippen LogP contribution in [0.1, 0.15) is 11.4 Å². The van der Waals surface area contributed by atoms with Gasteiger partial charge in [-0.1, -0.05) is 23.4 Å². The summed E-state index contributed by atoms with van der Waals surface area (Å²) in [6, 6.07) is 4.99. The average Bonchev–Trinajstić information content (AvgIpc) is 2.52. The molecule has 0 saturated carbocycles. The normalized spacial score (nSPS) is 10.3. The first-order valence-corrected chi connectivity index (χ1v) is 8.31. The quantitative estimate of drug-likeness (QED) is 0.476. The number of amides is 1. The second-order valence-electron chi connectivity index (χ2n) is 4.79. The molecule has 0 atom stereocenters. The Kier molecular flexibility index (Phi) is 6.51. The van der Waals surface area contributed by atoms with Gasteiger partial charge < -0.3 is 10.1 Å². The molecule has 0 aliphatic heterocycles. The van der Waals surface area contributed by atoms with Crippen LogP contribution < -0.4 is 5.32 Å². The fourth-order valence-electron chi connectivity index (χ4n) is 1.70. The largest absolute Gasteiger partial charge is 0.455 e. The Bertz CT molecular complexity index is 720. The molecule has 0 aromatic carbocycles. The summed E-state index contributed by atoms with van der Waals surface area (Å²) in [5.74, 6) is -0.652. The van der Waals surface area contributed by atoms with Gasteiger partial charge in [-0.25, -0.2) is 15.0 Å². The molecular weight excluding hydrogens is 352 g/mol. The zero-order valence-electron chi connectivity index (χ0n) is 13.1. The fraction of sp³-hybridized carbons (Fsp3) is 0.267. The number of aromatic nitrogens is 3. The highest BCUT2D eigenvalue weighted by atomic mass is 35.5. The van der Waals surface area contributed by atoms with E-state index in [4.69, 9.17) is 16.3 Å². The van der Waals surface area contributed by atoms with Gasteiger partial charge in [-0.05, 0) is 32.0 Å². The van der Waals surface area contributed by atoms with E-state index in [1.807, 2.05) is 19.9 Å². The molecule has 0 fully saturated rings. The van der Waals surface area contributed by atoms with Gasteiger partial charge in [0.15, 0.2) is 11.8 Å². The number of ether oxygens (including phenoxy) is 1. The Morgan fingerprint density at radius 1 is 1.25 bits per heavy atom. The summed E-state index contributed by atoms with van der Waals surface area (Å²) < 4.78 is 4.90. The van der Waals surface area contributed by atoms with Crippen LogP contribution in [0.4, 0.5) is 5.82 Å². The molecule has 126 valence electrons. The second-order valence-corrected chi connectivity index (χ2v) is 6.17. The van der Waals surface area contributed by atoms with Gasteiger partial charge in [0.25, 0.3) is 5.91 Å². The summed E-state index contributed by atoms with van der Waals surface area (Å²) >= 11 is 6.86. The van der Waals surface area contributed by atoms with Crippen LogP contribution in [-0.2, 0) is 14.3 Å². The first-order valence-electron chi connectivity index (χ1n) is 6.94. The number of hydrogen-bond acceptors (Lipinski definition) is 7. The maximum Gasteiger partial charge on any atom is 0.316 e. The third-order valence-corrected chi connectivity index (χ3v) is 3.68. The first kappa shape index (κ1) is 18.2. The average molecular weight is 367 g/mol. The number of rotatable bonds is 6. The highest BCUT2D eigenvalue weighted by Crippen LogP contribution is 2.14. The Morgan fingerprint density at radius 2 is 1.96 bits per heavy atom. The van der Waals surface area contributed by atoms with Gasteiger partial charge in [0.1, 0.15) is 5.82 Å². The van der Waals surface area contributed by atoms with E-state index in [9.17, 15) is 9.59 Å². The van der Waals surface area contributed by atoms with Crippen LogP contribution in [0.5, 0.6) is 0 Å². The molecule has 0 aliphatic carbocycles. The lowest BCUT2D eigenvalue weighted by atomic mass is 10.4. The minimum atomic E-state index is -0.526. The summed E-state index contributed by atoms with van der Waals surface area (Å²) in [5, 5.41) is 3.46. The maximum atomic E-state index is 11.7. The summed E-state index contributed by atoms with van der Waals surface area (Å²) in [5.41, 5.74) is 1.65. The van der Waals surface area contributed by atoms with Gasteiger partial charge >= 0.3 is 5.97 Å². The van der Waals surface area contributed by atoms with Gasteiger partial charge in [0.05, 0.1) is 10.8 Å². The van der Waals surface area contributed by atoms with Crippen LogP contribution >= 0.6 is 23.4 Å². The van der Waals surface area contributed by atoms with Gasteiger partial charge in [0.2, 0.25) is 0 Å². The van der Waals surface area contributed by atoms with E-state index in [2.05, 4.69) is 20.3 Å². The molecule has 2 aromatic rings. The molecule has 9 heteroatoms. The molecule has 0 saturated heterocycles. The third kappa shape index (κ3) is 6.13. The van der Waals surface area contributed by atoms with Crippen molar-refractivity contribution in [2.45, 2.75) is 19.0 Å². The van der Waals surface area contributed by atoms with Crippen LogP contribution in [-0.4, -0.2) is 39.2 Å². The summed E-state index contributed by atoms with van der Waals surface area (Å²) in [4.78, 5) is 35.7. The standard InChI is InChI=1S/C15H15ClN4O3S/c1-9-5-10(2)19-15(18-9)24-8-14(22)23-7-13(21)20-12-4-3-11(16)6-17-12/h3-6H,7-8H2,1-2H3,(H,17,20,21). The topological polar surface area (TPSA) is 94.1 Å². The van der Waals surface area contributed by atoms with Crippen molar-refractivity contribution in [1.82, 2.24) is 15.0 Å². The van der Waals surface area contributed by atoms with E-state index in [0.29, 0.717) is 16.0 Å². The number of carbonyl (C=O) groups is 2. The molecular formula is C15H15ClN4O3S. The summed E-state index contributed by atoms with van der Waals surface area (Å²) in [6.07, 6.45) is 1.41. The van der Waals surface area contributed by atoms with Gasteiger partial charge in [-0.2, -0.15) is 0 Å². The number of nitrogens with zero attached hydrogens (tertiary/aromatic N) is 3. The number of halogens is 1. The molecule has 0 aliphatic rings. The predicted molar refractivity (Wildman–Crippen MR) is 91.1 cm³/mol. The molecule has 0 bridgehead atoms. The minimum absolute atomic E-state index is 0.0232. The van der Waals surface area contributed by atoms with E-state index >= 15 is 0 Å². The van der Waals surface area contributed by atoms with Gasteiger partial charge in [-0.3, -0.25) is 9.59 Å². The van der Waals surface area contributed by atoms with Crippen LogP contribution in [0.15, 0.2) is 29.6 Å². The molecule has 2 aromatic heterocycles. The van der Waals surface area contributed by atoms with Crippen molar-refractivity contribution < 1.29 is 14.3 Å². The second kappa shape index (κ2) is 8.60. The lowest BCUT2D eigenvalue weighted by Gasteiger charge is -2.06. The van der Waals surface area contributed by atoms with Crippen molar-refractivity contribution in [2.24, 2.45) is 0 Å². The maximum absolute atomic E-state index is 11.7. The monoisotopic (exact) mass is 366 g/mol. The molecule has 2 heterocycles. The van der Waals surface area contributed by atoms with E-state index in [0.717, 1.165) is 23.1 Å². The number of aryl methyl sites for hydroxylation is 2. The highest BCUT2D eigenvalue weighted by Gasteiger charge is 2.10. The Morgan fingerprint density at radius 3 is 2.58 bits per heavy atom. The number of hydrogen-bond donors (Lipinski definition) is 1. The SMILES string of the molecule is Cc1cc(C)nc(SCC(=O)OCC(=O)Nc2ccc(Cl)cn2)n1. The molecule has 7 nitrogen and oxygen atoms in total. The van der Waals surface area contributed by atoms with Crippen LogP contribution in [0.3, 0.4) is 0 Å². The fourth-order valence-corrected chi connectivity index (χ4v) is 2.56. The van der Waals surface area contributed by atoms with E-state index < -0.39 is 18.5 Å². The lowest BCUT2D eigenvalue weighted by molar-refractivity contribution is -0.144. The van der Waals surface area contributed by atoms with Crippen molar-refractivity contribution in [2.75, 3.05) is 17.7 Å². The molecule has 2 rings (SSSR count). The van der Waals surface area contributed by atoms with Crippen LogP contribution in [0.2, 0.25) is 5.02 Å². The van der Waals surface area contributed by atoms with Crippen LogP contribution in [0, 0.1) is 13.8 Å².